The third kappa shape index (κ3) is 6.21. The Bertz CT molecular complexity index is 1370. The molecule has 0 atom stereocenters. The van der Waals surface area contributed by atoms with Crippen LogP contribution in [0.3, 0.4) is 0 Å². The molecule has 0 radical (unpaired) electrons. The van der Waals surface area contributed by atoms with Gasteiger partial charge in [0.1, 0.15) is 23.0 Å². The van der Waals surface area contributed by atoms with Crippen molar-refractivity contribution in [2.24, 2.45) is 17.6 Å². The van der Waals surface area contributed by atoms with E-state index in [1.165, 1.54) is 12.1 Å². The number of nitrogens with two attached hydrogens (primary N) is 1. The molecule has 2 aromatic heterocycles. The van der Waals surface area contributed by atoms with Crippen molar-refractivity contribution in [3.8, 4) is 0 Å². The molecule has 41 heavy (non-hydrogen) atoms. The fourth-order valence-electron chi connectivity index (χ4n) is 6.69. The van der Waals surface area contributed by atoms with E-state index in [9.17, 15) is 13.6 Å². The van der Waals surface area contributed by atoms with Gasteiger partial charge in [0, 0.05) is 56.7 Å². The maximum Gasteiger partial charge on any atom is 0.225 e. The predicted octanol–water partition coefficient (Wildman–Crippen LogP) is 4.41. The molecule has 9 nitrogen and oxygen atoms in total. The lowest BCUT2D eigenvalue weighted by atomic mass is 9.84. The van der Waals surface area contributed by atoms with Crippen molar-refractivity contribution in [1.29, 1.82) is 0 Å². The number of imidazole rings is 1. The summed E-state index contributed by atoms with van der Waals surface area (Å²) in [4.78, 5) is 31.9. The molecule has 0 unspecified atom stereocenters. The van der Waals surface area contributed by atoms with Crippen LogP contribution in [-0.2, 0) is 11.2 Å². The maximum absolute atomic E-state index is 14.6. The first-order valence-corrected chi connectivity index (χ1v) is 15.0. The molecule has 11 heteroatoms. The van der Waals surface area contributed by atoms with Gasteiger partial charge in [-0.2, -0.15) is 0 Å². The van der Waals surface area contributed by atoms with Crippen molar-refractivity contribution in [2.45, 2.75) is 69.9 Å². The average molecular weight is 567 g/mol. The maximum atomic E-state index is 14.6. The SMILES string of the molecule is CN1CCN(C(=O)C2CCC(n3c(Nc4ccc(F)cc4F)nc4cnc(CC5CCC(N)CC5)nc43)CC2)CC1. The summed E-state index contributed by atoms with van der Waals surface area (Å²) < 4.78 is 30.3. The number of nitrogens with zero attached hydrogens (tertiary/aromatic N) is 6. The third-order valence-corrected chi connectivity index (χ3v) is 9.25. The molecule has 0 spiro atoms. The van der Waals surface area contributed by atoms with Gasteiger partial charge in [0.05, 0.1) is 11.9 Å². The minimum absolute atomic E-state index is 0.0123. The van der Waals surface area contributed by atoms with Crippen molar-refractivity contribution < 1.29 is 13.6 Å². The molecule has 3 aliphatic rings. The second-order valence-corrected chi connectivity index (χ2v) is 12.2. The van der Waals surface area contributed by atoms with E-state index >= 15 is 0 Å². The van der Waals surface area contributed by atoms with Gasteiger partial charge in [-0.3, -0.25) is 9.36 Å². The van der Waals surface area contributed by atoms with Gasteiger partial charge in [0.2, 0.25) is 11.9 Å². The fourth-order valence-corrected chi connectivity index (χ4v) is 6.69. The van der Waals surface area contributed by atoms with Crippen LogP contribution in [0.25, 0.3) is 11.2 Å². The lowest BCUT2D eigenvalue weighted by molar-refractivity contribution is -0.138. The summed E-state index contributed by atoms with van der Waals surface area (Å²) in [6.45, 7) is 3.39. The van der Waals surface area contributed by atoms with Gasteiger partial charge in [-0.25, -0.2) is 23.7 Å². The highest BCUT2D eigenvalue weighted by Crippen LogP contribution is 2.38. The second kappa shape index (κ2) is 12.0. The summed E-state index contributed by atoms with van der Waals surface area (Å²) in [6.07, 6.45) is 9.86. The molecule has 3 fully saturated rings. The molecule has 1 aromatic carbocycles. The Morgan fingerprint density at radius 3 is 2.44 bits per heavy atom. The van der Waals surface area contributed by atoms with Gasteiger partial charge in [-0.1, -0.05) is 0 Å². The second-order valence-electron chi connectivity index (χ2n) is 12.2. The number of carbonyl (C=O) groups excluding carboxylic acids is 1. The first-order chi connectivity index (χ1) is 19.8. The fraction of sp³-hybridized carbons (Fsp3) is 0.600. The van der Waals surface area contributed by atoms with E-state index in [-0.39, 0.29) is 29.6 Å². The van der Waals surface area contributed by atoms with E-state index in [4.69, 9.17) is 15.7 Å². The van der Waals surface area contributed by atoms with Crippen LogP contribution >= 0.6 is 0 Å². The minimum Gasteiger partial charge on any atom is -0.340 e. The number of piperazine rings is 1. The van der Waals surface area contributed by atoms with Crippen LogP contribution in [0.4, 0.5) is 20.4 Å². The van der Waals surface area contributed by atoms with Crippen molar-refractivity contribution in [3.05, 3.63) is 41.9 Å². The van der Waals surface area contributed by atoms with Gasteiger partial charge >= 0.3 is 0 Å². The summed E-state index contributed by atoms with van der Waals surface area (Å²) in [5, 5.41) is 3.10. The lowest BCUT2D eigenvalue weighted by Gasteiger charge is -2.37. The van der Waals surface area contributed by atoms with Gasteiger partial charge in [0.15, 0.2) is 5.65 Å². The number of carbonyl (C=O) groups is 1. The molecule has 1 aliphatic heterocycles. The lowest BCUT2D eigenvalue weighted by Crippen LogP contribution is -2.49. The number of benzene rings is 1. The average Bonchev–Trinajstić information content (AvgIpc) is 3.33. The summed E-state index contributed by atoms with van der Waals surface area (Å²) in [7, 11) is 2.09. The first-order valence-electron chi connectivity index (χ1n) is 15.0. The van der Waals surface area contributed by atoms with E-state index in [1.54, 1.807) is 6.20 Å². The minimum atomic E-state index is -0.688. The summed E-state index contributed by atoms with van der Waals surface area (Å²) in [5.74, 6) is 0.683. The number of rotatable bonds is 6. The highest BCUT2D eigenvalue weighted by Gasteiger charge is 2.33. The van der Waals surface area contributed by atoms with Gasteiger partial charge in [-0.05, 0) is 76.5 Å². The Labute approximate surface area is 239 Å². The van der Waals surface area contributed by atoms with Crippen LogP contribution in [0, 0.1) is 23.5 Å². The number of likely N-dealkylation sites (N-methyl/N-ethyl adjacent to an activating group) is 1. The topological polar surface area (TPSA) is 105 Å². The van der Waals surface area contributed by atoms with Crippen LogP contribution in [0.2, 0.25) is 0 Å². The quantitative estimate of drug-likeness (QED) is 0.455. The van der Waals surface area contributed by atoms with Crippen molar-refractivity contribution in [3.63, 3.8) is 0 Å². The molecule has 0 bridgehead atoms. The zero-order chi connectivity index (χ0) is 28.5. The smallest absolute Gasteiger partial charge is 0.225 e. The Balaban J connectivity index is 1.25. The zero-order valence-electron chi connectivity index (χ0n) is 23.7. The molecular weight excluding hydrogens is 526 g/mol. The Hall–Kier alpha value is -3.18. The predicted molar refractivity (Wildman–Crippen MR) is 154 cm³/mol. The van der Waals surface area contributed by atoms with E-state index in [2.05, 4.69) is 26.8 Å². The Kier molecular flexibility index (Phi) is 8.16. The molecule has 220 valence electrons. The van der Waals surface area contributed by atoms with Gasteiger partial charge in [0.25, 0.3) is 0 Å². The zero-order valence-corrected chi connectivity index (χ0v) is 23.7. The number of anilines is 2. The number of aromatic nitrogens is 4. The number of hydrogen-bond donors (Lipinski definition) is 2. The molecule has 1 amide bonds. The highest BCUT2D eigenvalue weighted by molar-refractivity contribution is 5.79. The van der Waals surface area contributed by atoms with Gasteiger partial charge < -0.3 is 20.9 Å². The Morgan fingerprint density at radius 2 is 1.73 bits per heavy atom. The number of halogens is 2. The first kappa shape index (κ1) is 28.0. The van der Waals surface area contributed by atoms with E-state index < -0.39 is 11.6 Å². The third-order valence-electron chi connectivity index (χ3n) is 9.25. The summed E-state index contributed by atoms with van der Waals surface area (Å²) in [6, 6.07) is 3.79. The number of nitrogens with one attached hydrogen (secondary N) is 1. The molecule has 2 aliphatic carbocycles. The van der Waals surface area contributed by atoms with Crippen LogP contribution < -0.4 is 11.1 Å². The normalized spacial score (nSPS) is 25.9. The molecule has 6 rings (SSSR count). The monoisotopic (exact) mass is 566 g/mol. The van der Waals surface area contributed by atoms with Crippen molar-refractivity contribution >= 4 is 28.7 Å². The highest BCUT2D eigenvalue weighted by atomic mass is 19.1. The van der Waals surface area contributed by atoms with Gasteiger partial charge in [-0.15, -0.1) is 0 Å². The largest absolute Gasteiger partial charge is 0.340 e. The van der Waals surface area contributed by atoms with Crippen molar-refractivity contribution in [1.82, 2.24) is 29.3 Å². The van der Waals surface area contributed by atoms with E-state index in [1.807, 2.05) is 4.90 Å². The van der Waals surface area contributed by atoms with Crippen LogP contribution in [0.15, 0.2) is 24.4 Å². The van der Waals surface area contributed by atoms with Crippen LogP contribution in [-0.4, -0.2) is 74.5 Å². The molecule has 1 saturated heterocycles. The number of amides is 1. The summed E-state index contributed by atoms with van der Waals surface area (Å²) in [5.41, 5.74) is 7.59. The molecule has 3 aromatic rings. The van der Waals surface area contributed by atoms with Crippen LogP contribution in [0.5, 0.6) is 0 Å². The molecule has 3 N–H and O–H groups in total. The molecule has 3 heterocycles. The van der Waals surface area contributed by atoms with Crippen LogP contribution in [0.1, 0.15) is 63.2 Å². The Morgan fingerprint density at radius 1 is 1.00 bits per heavy atom. The molecule has 2 saturated carbocycles. The summed E-state index contributed by atoms with van der Waals surface area (Å²) >= 11 is 0. The van der Waals surface area contributed by atoms with Crippen molar-refractivity contribution in [2.75, 3.05) is 38.5 Å². The standard InChI is InChI=1S/C30H40F2N8O/c1-38-12-14-39(15-13-38)29(41)20-4-9-23(10-5-20)40-28-26(36-30(40)35-25-11-6-21(31)17-24(25)32)18-34-27(37-28)16-19-2-7-22(33)8-3-19/h6,11,17-20,22-23H,2-5,7-10,12-16,33H2,1H3,(H,35,36). The number of fused-ring (bicyclic) bond motifs is 1. The van der Waals surface area contributed by atoms with E-state index in [0.29, 0.717) is 23.0 Å². The van der Waals surface area contributed by atoms with E-state index in [0.717, 1.165) is 95.9 Å². The molecular formula is C30H40F2N8O. The number of hydrogen-bond acceptors (Lipinski definition) is 7.